The molecule has 1 saturated heterocycles. The van der Waals surface area contributed by atoms with E-state index in [4.69, 9.17) is 0 Å². The molecule has 0 radical (unpaired) electrons. The third-order valence-corrected chi connectivity index (χ3v) is 8.40. The molecule has 0 unspecified atom stereocenters. The molecule has 31 heavy (non-hydrogen) atoms. The lowest BCUT2D eigenvalue weighted by atomic mass is 9.97. The van der Waals surface area contributed by atoms with Crippen molar-refractivity contribution in [2.45, 2.75) is 31.6 Å². The van der Waals surface area contributed by atoms with E-state index in [-0.39, 0.29) is 11.8 Å². The van der Waals surface area contributed by atoms with Gasteiger partial charge in [0.25, 0.3) is 0 Å². The summed E-state index contributed by atoms with van der Waals surface area (Å²) in [5.41, 5.74) is 2.72. The van der Waals surface area contributed by atoms with E-state index in [0.717, 1.165) is 21.7 Å². The van der Waals surface area contributed by atoms with Gasteiger partial charge in [0.1, 0.15) is 5.01 Å². The van der Waals surface area contributed by atoms with Crippen LogP contribution in [0.2, 0.25) is 0 Å². The lowest BCUT2D eigenvalue weighted by Crippen LogP contribution is -2.41. The number of aromatic nitrogens is 2. The van der Waals surface area contributed by atoms with Gasteiger partial charge in [0, 0.05) is 24.6 Å². The van der Waals surface area contributed by atoms with Crippen molar-refractivity contribution in [1.29, 1.82) is 0 Å². The zero-order valence-corrected chi connectivity index (χ0v) is 19.0. The van der Waals surface area contributed by atoms with Gasteiger partial charge in [-0.2, -0.15) is 4.31 Å². The van der Waals surface area contributed by atoms with Gasteiger partial charge in [-0.3, -0.25) is 4.79 Å². The Morgan fingerprint density at radius 3 is 2.45 bits per heavy atom. The number of rotatable bonds is 5. The summed E-state index contributed by atoms with van der Waals surface area (Å²) in [6.07, 6.45) is 0.945. The normalized spacial score (nSPS) is 15.7. The molecule has 4 rings (SSSR count). The maximum atomic E-state index is 13.0. The highest BCUT2D eigenvalue weighted by Gasteiger charge is 2.33. The topological polar surface area (TPSA) is 92.3 Å². The Morgan fingerprint density at radius 1 is 1.06 bits per heavy atom. The Hall–Kier alpha value is -2.62. The molecule has 1 aromatic heterocycles. The zero-order valence-electron chi connectivity index (χ0n) is 17.4. The number of hydrogen-bond donors (Lipinski definition) is 1. The molecular weight excluding hydrogens is 432 g/mol. The molecule has 2 heterocycles. The molecule has 0 atom stereocenters. The minimum Gasteiger partial charge on any atom is -0.300 e. The van der Waals surface area contributed by atoms with Crippen molar-refractivity contribution in [3.8, 4) is 10.6 Å². The molecule has 0 aliphatic carbocycles. The number of anilines is 1. The Morgan fingerprint density at radius 2 is 1.77 bits per heavy atom. The Balaban J connectivity index is 1.37. The summed E-state index contributed by atoms with van der Waals surface area (Å²) in [4.78, 5) is 13.0. The minimum absolute atomic E-state index is 0.140. The van der Waals surface area contributed by atoms with Crippen molar-refractivity contribution < 1.29 is 13.2 Å². The predicted molar refractivity (Wildman–Crippen MR) is 121 cm³/mol. The van der Waals surface area contributed by atoms with Gasteiger partial charge < -0.3 is 5.32 Å². The van der Waals surface area contributed by atoms with Gasteiger partial charge in [0.05, 0.1) is 4.90 Å². The smallest absolute Gasteiger partial charge is 0.243 e. The summed E-state index contributed by atoms with van der Waals surface area (Å²) in [5, 5.41) is 12.2. The first-order valence-electron chi connectivity index (χ1n) is 10.1. The summed E-state index contributed by atoms with van der Waals surface area (Å²) in [6.45, 7) is 4.39. The van der Waals surface area contributed by atoms with Gasteiger partial charge >= 0.3 is 0 Å². The van der Waals surface area contributed by atoms with Gasteiger partial charge in [0.15, 0.2) is 0 Å². The second kappa shape index (κ2) is 8.86. The first-order valence-corrected chi connectivity index (χ1v) is 12.4. The number of hydrogen-bond acceptors (Lipinski definition) is 6. The molecule has 7 nitrogen and oxygen atoms in total. The predicted octanol–water partition coefficient (Wildman–Crippen LogP) is 3.86. The van der Waals surface area contributed by atoms with Crippen LogP contribution in [0, 0.1) is 19.8 Å². The van der Waals surface area contributed by atoms with Crippen LogP contribution in [0.1, 0.15) is 24.0 Å². The average molecular weight is 457 g/mol. The van der Waals surface area contributed by atoms with E-state index < -0.39 is 10.0 Å². The van der Waals surface area contributed by atoms with Crippen molar-refractivity contribution in [3.63, 3.8) is 0 Å². The maximum Gasteiger partial charge on any atom is 0.243 e. The quantitative estimate of drug-likeness (QED) is 0.629. The third-order valence-electron chi connectivity index (χ3n) is 5.45. The van der Waals surface area contributed by atoms with E-state index in [1.54, 1.807) is 6.07 Å². The Labute approximate surface area is 186 Å². The molecular formula is C22H24N4O3S2. The Bertz CT molecular complexity index is 1180. The Kier molecular flexibility index (Phi) is 6.17. The summed E-state index contributed by atoms with van der Waals surface area (Å²) >= 11 is 1.32. The molecule has 1 fully saturated rings. The van der Waals surface area contributed by atoms with Crippen LogP contribution in [0.25, 0.3) is 10.6 Å². The molecule has 1 amide bonds. The average Bonchev–Trinajstić information content (AvgIpc) is 3.22. The van der Waals surface area contributed by atoms with E-state index in [1.165, 1.54) is 15.6 Å². The van der Waals surface area contributed by atoms with Gasteiger partial charge in [-0.15, -0.1) is 10.2 Å². The van der Waals surface area contributed by atoms with Crippen molar-refractivity contribution in [2.75, 3.05) is 18.4 Å². The highest BCUT2D eigenvalue weighted by atomic mass is 32.2. The molecule has 3 aromatic rings. The first kappa shape index (κ1) is 21.6. The van der Waals surface area contributed by atoms with Crippen LogP contribution in [0.4, 0.5) is 5.13 Å². The highest BCUT2D eigenvalue weighted by molar-refractivity contribution is 7.89. The lowest BCUT2D eigenvalue weighted by Gasteiger charge is -2.30. The molecule has 0 spiro atoms. The number of carbonyl (C=O) groups is 1. The van der Waals surface area contributed by atoms with Crippen LogP contribution in [-0.4, -0.2) is 41.9 Å². The van der Waals surface area contributed by atoms with E-state index >= 15 is 0 Å². The van der Waals surface area contributed by atoms with E-state index in [9.17, 15) is 13.2 Å². The molecule has 0 bridgehead atoms. The highest BCUT2D eigenvalue weighted by Crippen LogP contribution is 2.29. The number of piperidine rings is 1. The molecule has 162 valence electrons. The summed E-state index contributed by atoms with van der Waals surface area (Å²) < 4.78 is 27.5. The molecule has 1 aliphatic rings. The second-order valence-electron chi connectivity index (χ2n) is 7.71. The fourth-order valence-corrected chi connectivity index (χ4v) is 6.19. The SMILES string of the molecule is Cc1ccc(S(=O)(=O)N2CCC(C(=O)Nc3nnc(-c4ccccc4)s3)CC2)c(C)c1. The number of nitrogens with one attached hydrogen (secondary N) is 1. The van der Waals surface area contributed by atoms with Crippen LogP contribution in [0.5, 0.6) is 0 Å². The van der Waals surface area contributed by atoms with Crippen molar-refractivity contribution >= 4 is 32.4 Å². The van der Waals surface area contributed by atoms with Gasteiger partial charge in [-0.05, 0) is 38.3 Å². The second-order valence-corrected chi connectivity index (χ2v) is 10.6. The van der Waals surface area contributed by atoms with E-state index in [2.05, 4.69) is 15.5 Å². The van der Waals surface area contributed by atoms with Crippen LogP contribution < -0.4 is 5.32 Å². The largest absolute Gasteiger partial charge is 0.300 e. The third kappa shape index (κ3) is 4.68. The van der Waals surface area contributed by atoms with Crippen LogP contribution >= 0.6 is 11.3 Å². The summed E-state index contributed by atoms with van der Waals surface area (Å²) in [7, 11) is -3.56. The monoisotopic (exact) mass is 456 g/mol. The number of sulfonamides is 1. The molecule has 2 aromatic carbocycles. The fraction of sp³-hybridized carbons (Fsp3) is 0.318. The fourth-order valence-electron chi connectivity index (χ4n) is 3.76. The number of amides is 1. The van der Waals surface area contributed by atoms with Gasteiger partial charge in [-0.1, -0.05) is 59.4 Å². The van der Waals surface area contributed by atoms with Crippen LogP contribution in [0.15, 0.2) is 53.4 Å². The maximum absolute atomic E-state index is 13.0. The first-order chi connectivity index (χ1) is 14.8. The molecule has 9 heteroatoms. The molecule has 1 N–H and O–H groups in total. The van der Waals surface area contributed by atoms with E-state index in [0.29, 0.717) is 36.0 Å². The number of nitrogens with zero attached hydrogens (tertiary/aromatic N) is 3. The zero-order chi connectivity index (χ0) is 22.0. The van der Waals surface area contributed by atoms with Gasteiger partial charge in [0.2, 0.25) is 21.1 Å². The minimum atomic E-state index is -3.56. The van der Waals surface area contributed by atoms with Crippen molar-refractivity contribution in [3.05, 3.63) is 59.7 Å². The van der Waals surface area contributed by atoms with Crippen molar-refractivity contribution in [2.24, 2.45) is 5.92 Å². The van der Waals surface area contributed by atoms with Crippen LogP contribution in [-0.2, 0) is 14.8 Å². The standard InChI is InChI=1S/C22H24N4O3S2/c1-15-8-9-19(16(2)14-15)31(28,29)26-12-10-17(11-13-26)20(27)23-22-25-24-21(30-22)18-6-4-3-5-7-18/h3-9,14,17H,10-13H2,1-2H3,(H,23,25,27). The summed E-state index contributed by atoms with van der Waals surface area (Å²) in [5.74, 6) is -0.394. The number of benzene rings is 2. The van der Waals surface area contributed by atoms with E-state index in [1.807, 2.05) is 56.3 Å². The van der Waals surface area contributed by atoms with Crippen molar-refractivity contribution in [1.82, 2.24) is 14.5 Å². The number of carbonyl (C=O) groups excluding carboxylic acids is 1. The molecule has 1 aliphatic heterocycles. The van der Waals surface area contributed by atoms with Gasteiger partial charge in [-0.25, -0.2) is 8.42 Å². The van der Waals surface area contributed by atoms with Crippen LogP contribution in [0.3, 0.4) is 0 Å². The lowest BCUT2D eigenvalue weighted by molar-refractivity contribution is -0.120. The summed E-state index contributed by atoms with van der Waals surface area (Å²) in [6, 6.07) is 15.0. The molecule has 0 saturated carbocycles. The number of aryl methyl sites for hydroxylation is 2.